The van der Waals surface area contributed by atoms with Crippen LogP contribution in [-0.2, 0) is 11.2 Å². The first-order valence-electron chi connectivity index (χ1n) is 4.18. The number of benzene rings is 1. The minimum atomic E-state index is -1.12. The first-order valence-corrected chi connectivity index (χ1v) is 4.18. The lowest BCUT2D eigenvalue weighted by Gasteiger charge is -2.06. The van der Waals surface area contributed by atoms with Gasteiger partial charge in [-0.15, -0.1) is 4.91 Å². The third-order valence-electron chi connectivity index (χ3n) is 1.91. The van der Waals surface area contributed by atoms with Crippen molar-refractivity contribution in [2.75, 3.05) is 0 Å². The zero-order valence-corrected chi connectivity index (χ0v) is 7.75. The fourth-order valence-electron chi connectivity index (χ4n) is 1.11. The number of aromatic hydroxyl groups is 1. The summed E-state index contributed by atoms with van der Waals surface area (Å²) in [4.78, 5) is 20.7. The van der Waals surface area contributed by atoms with E-state index in [-0.39, 0.29) is 17.9 Å². The molecule has 0 aliphatic heterocycles. The average Bonchev–Trinajstić information content (AvgIpc) is 2.20. The van der Waals surface area contributed by atoms with Crippen LogP contribution in [0.1, 0.15) is 5.56 Å². The highest BCUT2D eigenvalue weighted by Crippen LogP contribution is 2.27. The summed E-state index contributed by atoms with van der Waals surface area (Å²) in [5, 5.41) is 20.3. The molecule has 0 heterocycles. The molecule has 0 spiro atoms. The lowest BCUT2D eigenvalue weighted by Crippen LogP contribution is -2.32. The molecule has 80 valence electrons. The van der Waals surface area contributed by atoms with Gasteiger partial charge in [0, 0.05) is 0 Å². The summed E-state index contributed by atoms with van der Waals surface area (Å²) in [6.45, 7) is 0. The minimum Gasteiger partial charge on any atom is -0.506 e. The van der Waals surface area contributed by atoms with E-state index in [1.807, 2.05) is 0 Å². The molecule has 0 aliphatic carbocycles. The molecule has 0 amide bonds. The molecule has 1 atom stereocenters. The molecule has 0 bridgehead atoms. The van der Waals surface area contributed by atoms with E-state index in [0.717, 1.165) is 0 Å². The van der Waals surface area contributed by atoms with Crippen LogP contribution in [0, 0.1) is 4.91 Å². The van der Waals surface area contributed by atoms with Gasteiger partial charge < -0.3 is 15.9 Å². The standard InChI is InChI=1S/C9H10N2O4/c10-6(9(13)14)3-5-1-2-8(12)7(4-5)11-15/h1-2,4,6,12H,3,10H2,(H,13,14). The second kappa shape index (κ2) is 4.52. The quantitative estimate of drug-likeness (QED) is 0.634. The van der Waals surface area contributed by atoms with E-state index in [1.165, 1.54) is 18.2 Å². The van der Waals surface area contributed by atoms with E-state index >= 15 is 0 Å². The normalized spacial score (nSPS) is 12.1. The molecule has 0 saturated heterocycles. The molecular weight excluding hydrogens is 200 g/mol. The Morgan fingerprint density at radius 1 is 1.53 bits per heavy atom. The number of carbonyl (C=O) groups is 1. The van der Waals surface area contributed by atoms with E-state index in [2.05, 4.69) is 5.18 Å². The molecular formula is C9H10N2O4. The molecule has 6 nitrogen and oxygen atoms in total. The number of carboxylic acid groups (broad SMARTS) is 1. The highest BCUT2D eigenvalue weighted by molar-refractivity contribution is 5.73. The molecule has 4 N–H and O–H groups in total. The van der Waals surface area contributed by atoms with Crippen molar-refractivity contribution in [1.29, 1.82) is 0 Å². The van der Waals surface area contributed by atoms with E-state index < -0.39 is 12.0 Å². The van der Waals surface area contributed by atoms with Gasteiger partial charge in [-0.3, -0.25) is 4.79 Å². The fourth-order valence-corrected chi connectivity index (χ4v) is 1.11. The molecule has 6 heteroatoms. The second-order valence-electron chi connectivity index (χ2n) is 3.06. The summed E-state index contributed by atoms with van der Waals surface area (Å²) in [5.74, 6) is -1.36. The van der Waals surface area contributed by atoms with Crippen molar-refractivity contribution in [3.05, 3.63) is 28.7 Å². The Balaban J connectivity index is 2.87. The topological polar surface area (TPSA) is 113 Å². The number of phenolic OH excluding ortho intramolecular Hbond substituents is 1. The third kappa shape index (κ3) is 2.75. The lowest BCUT2D eigenvalue weighted by atomic mass is 10.1. The molecule has 0 aromatic heterocycles. The maximum absolute atomic E-state index is 10.5. The number of phenols is 1. The lowest BCUT2D eigenvalue weighted by molar-refractivity contribution is -0.138. The Bertz CT molecular complexity index is 392. The van der Waals surface area contributed by atoms with Crippen molar-refractivity contribution in [3.63, 3.8) is 0 Å². The summed E-state index contributed by atoms with van der Waals surface area (Å²) >= 11 is 0. The average molecular weight is 210 g/mol. The molecule has 0 aliphatic rings. The Kier molecular flexibility index (Phi) is 3.35. The van der Waals surface area contributed by atoms with E-state index in [1.54, 1.807) is 0 Å². The van der Waals surface area contributed by atoms with Crippen molar-refractivity contribution < 1.29 is 15.0 Å². The van der Waals surface area contributed by atoms with Crippen LogP contribution in [0.3, 0.4) is 0 Å². The molecule has 1 aromatic rings. The SMILES string of the molecule is NC(Cc1ccc(O)c(N=O)c1)C(=O)O. The second-order valence-corrected chi connectivity index (χ2v) is 3.06. The van der Waals surface area contributed by atoms with Crippen LogP contribution < -0.4 is 5.73 Å². The number of rotatable bonds is 4. The number of nitrogens with two attached hydrogens (primary N) is 1. The van der Waals surface area contributed by atoms with Crippen LogP contribution in [0.15, 0.2) is 23.4 Å². The summed E-state index contributed by atoms with van der Waals surface area (Å²) < 4.78 is 0. The van der Waals surface area contributed by atoms with Crippen molar-refractivity contribution in [1.82, 2.24) is 0 Å². The van der Waals surface area contributed by atoms with Crippen LogP contribution in [0.5, 0.6) is 5.75 Å². The van der Waals surface area contributed by atoms with Crippen molar-refractivity contribution in [3.8, 4) is 5.75 Å². The number of carboxylic acids is 1. The maximum atomic E-state index is 10.5. The predicted octanol–water partition coefficient (Wildman–Crippen LogP) is 0.744. The van der Waals surface area contributed by atoms with Gasteiger partial charge in [0.05, 0.1) is 0 Å². The van der Waals surface area contributed by atoms with Gasteiger partial charge in [-0.1, -0.05) is 6.07 Å². The smallest absolute Gasteiger partial charge is 0.320 e. The Hall–Kier alpha value is -1.95. The van der Waals surface area contributed by atoms with Gasteiger partial charge in [0.15, 0.2) is 0 Å². The molecule has 15 heavy (non-hydrogen) atoms. The van der Waals surface area contributed by atoms with Gasteiger partial charge in [0.2, 0.25) is 0 Å². The summed E-state index contributed by atoms with van der Waals surface area (Å²) in [5.41, 5.74) is 5.73. The first kappa shape index (κ1) is 11.1. The molecule has 1 rings (SSSR count). The predicted molar refractivity (Wildman–Crippen MR) is 52.9 cm³/mol. The van der Waals surface area contributed by atoms with Crippen LogP contribution in [0.2, 0.25) is 0 Å². The molecule has 0 radical (unpaired) electrons. The summed E-state index contributed by atoms with van der Waals surface area (Å²) in [6, 6.07) is 3.05. The van der Waals surface area contributed by atoms with Gasteiger partial charge in [-0.05, 0) is 29.3 Å². The van der Waals surface area contributed by atoms with Crippen LogP contribution >= 0.6 is 0 Å². The molecule has 1 unspecified atom stereocenters. The third-order valence-corrected chi connectivity index (χ3v) is 1.91. The van der Waals surface area contributed by atoms with Crippen molar-refractivity contribution >= 4 is 11.7 Å². The number of nitroso groups, excluding NO2 is 1. The number of nitrogens with zero attached hydrogens (tertiary/aromatic N) is 1. The van der Waals surface area contributed by atoms with E-state index in [4.69, 9.17) is 15.9 Å². The van der Waals surface area contributed by atoms with Crippen LogP contribution in [-0.4, -0.2) is 22.2 Å². The van der Waals surface area contributed by atoms with Gasteiger partial charge >= 0.3 is 5.97 Å². The summed E-state index contributed by atoms with van der Waals surface area (Å²) in [6.07, 6.45) is 0.0815. The number of aliphatic carboxylic acids is 1. The van der Waals surface area contributed by atoms with Crippen molar-refractivity contribution in [2.24, 2.45) is 10.9 Å². The van der Waals surface area contributed by atoms with Crippen LogP contribution in [0.25, 0.3) is 0 Å². The zero-order valence-electron chi connectivity index (χ0n) is 7.75. The highest BCUT2D eigenvalue weighted by atomic mass is 16.4. The highest BCUT2D eigenvalue weighted by Gasteiger charge is 2.13. The zero-order chi connectivity index (χ0) is 11.4. The fraction of sp³-hybridized carbons (Fsp3) is 0.222. The van der Waals surface area contributed by atoms with E-state index in [9.17, 15) is 9.70 Å². The number of hydrogen-bond acceptors (Lipinski definition) is 5. The first-order chi connectivity index (χ1) is 7.04. The van der Waals surface area contributed by atoms with Gasteiger partial charge in [0.1, 0.15) is 17.5 Å². The number of hydrogen-bond donors (Lipinski definition) is 3. The minimum absolute atomic E-state index is 0.0815. The Morgan fingerprint density at radius 3 is 2.73 bits per heavy atom. The van der Waals surface area contributed by atoms with Gasteiger partial charge in [-0.25, -0.2) is 0 Å². The van der Waals surface area contributed by atoms with E-state index in [0.29, 0.717) is 5.56 Å². The Morgan fingerprint density at radius 2 is 2.20 bits per heavy atom. The van der Waals surface area contributed by atoms with Gasteiger partial charge in [-0.2, -0.15) is 0 Å². The molecule has 0 fully saturated rings. The van der Waals surface area contributed by atoms with Gasteiger partial charge in [0.25, 0.3) is 0 Å². The van der Waals surface area contributed by atoms with Crippen molar-refractivity contribution in [2.45, 2.75) is 12.5 Å². The monoisotopic (exact) mass is 210 g/mol. The van der Waals surface area contributed by atoms with Crippen LogP contribution in [0.4, 0.5) is 5.69 Å². The Labute approximate surface area is 85.3 Å². The largest absolute Gasteiger partial charge is 0.506 e. The molecule has 1 aromatic carbocycles. The summed E-state index contributed by atoms with van der Waals surface area (Å²) in [7, 11) is 0. The maximum Gasteiger partial charge on any atom is 0.320 e. The molecule has 0 saturated carbocycles.